The highest BCUT2D eigenvalue weighted by Crippen LogP contribution is 2.12. The van der Waals surface area contributed by atoms with Crippen LogP contribution >= 0.6 is 0 Å². The topological polar surface area (TPSA) is 8.17 Å². The van der Waals surface area contributed by atoms with E-state index in [2.05, 4.69) is 74.6 Å². The maximum atomic E-state index is 2.52. The van der Waals surface area contributed by atoms with Gasteiger partial charge in [0.15, 0.2) is 0 Å². The lowest BCUT2D eigenvalue weighted by Gasteiger charge is -2.30. The number of rotatable bonds is 4. The molecule has 0 aliphatic carbocycles. The molecule has 0 unspecified atom stereocenters. The van der Waals surface area contributed by atoms with Gasteiger partial charge in [-0.05, 0) is 29.6 Å². The first kappa shape index (κ1) is 13.2. The molecule has 2 aromatic rings. The van der Waals surface area contributed by atoms with Crippen molar-refractivity contribution in [2.75, 3.05) is 0 Å². The van der Waals surface area contributed by atoms with Gasteiger partial charge in [0.25, 0.3) is 0 Å². The Balaban J connectivity index is 2.28. The number of nitrogens with zero attached hydrogens (tertiary/aromatic N) is 2. The predicted octanol–water partition coefficient (Wildman–Crippen LogP) is 2.27. The van der Waals surface area contributed by atoms with Crippen LogP contribution < -0.4 is 5.46 Å². The van der Waals surface area contributed by atoms with Gasteiger partial charge in [-0.15, -0.1) is 0 Å². The number of benzene rings is 1. The molecule has 0 bridgehead atoms. The van der Waals surface area contributed by atoms with Crippen LogP contribution in [0.3, 0.4) is 0 Å². The number of aryl methyl sites for hydroxylation is 1. The minimum absolute atomic E-state index is 0.578. The van der Waals surface area contributed by atoms with Crippen LogP contribution in [0.25, 0.3) is 10.9 Å². The summed E-state index contributed by atoms with van der Waals surface area (Å²) in [6, 6.07) is 10.1. The van der Waals surface area contributed by atoms with E-state index in [0.717, 1.165) is 7.41 Å². The first-order chi connectivity index (χ1) is 8.49. The lowest BCUT2D eigenvalue weighted by Crippen LogP contribution is -2.45. The number of hydrogen-bond donors (Lipinski definition) is 0. The molecule has 0 aliphatic rings. The summed E-state index contributed by atoms with van der Waals surface area (Å²) in [7, 11) is 3.13. The van der Waals surface area contributed by atoms with Crippen LogP contribution in [-0.4, -0.2) is 28.9 Å². The van der Waals surface area contributed by atoms with Crippen LogP contribution in [0.5, 0.6) is 0 Å². The highest BCUT2D eigenvalue weighted by Gasteiger charge is 2.15. The normalized spacial score (nSPS) is 12.0. The zero-order valence-electron chi connectivity index (χ0n) is 12.1. The van der Waals surface area contributed by atoms with E-state index < -0.39 is 0 Å². The van der Waals surface area contributed by atoms with Gasteiger partial charge in [0.1, 0.15) is 0 Å². The van der Waals surface area contributed by atoms with Gasteiger partial charge < -0.3 is 9.38 Å². The van der Waals surface area contributed by atoms with Crippen molar-refractivity contribution in [1.82, 2.24) is 9.38 Å². The lowest BCUT2D eigenvalue weighted by atomic mass is 9.78. The lowest BCUT2D eigenvalue weighted by molar-refractivity contribution is 0.315. The van der Waals surface area contributed by atoms with Crippen molar-refractivity contribution in [1.29, 1.82) is 0 Å². The molecule has 0 aliphatic heterocycles. The van der Waals surface area contributed by atoms with Gasteiger partial charge in [-0.3, -0.25) is 0 Å². The first-order valence-electron chi connectivity index (χ1n) is 6.78. The average Bonchev–Trinajstić information content (AvgIpc) is 2.67. The Morgan fingerprint density at radius 3 is 2.33 bits per heavy atom. The van der Waals surface area contributed by atoms with Crippen LogP contribution in [0.2, 0.25) is 0 Å². The third kappa shape index (κ3) is 2.61. The second kappa shape index (κ2) is 5.19. The Morgan fingerprint density at radius 2 is 1.72 bits per heavy atom. The van der Waals surface area contributed by atoms with Gasteiger partial charge in [-0.1, -0.05) is 45.3 Å². The van der Waals surface area contributed by atoms with Gasteiger partial charge in [-0.25, -0.2) is 0 Å². The monoisotopic (exact) mass is 242 g/mol. The van der Waals surface area contributed by atoms with E-state index in [1.54, 1.807) is 0 Å². The molecule has 1 aromatic carbocycles. The van der Waals surface area contributed by atoms with Crippen LogP contribution in [-0.2, 0) is 7.05 Å². The fraction of sp³-hybridized carbons (Fsp3) is 0.467. The Labute approximate surface area is 111 Å². The largest absolute Gasteiger partial charge is 0.351 e. The van der Waals surface area contributed by atoms with Crippen LogP contribution in [0, 0.1) is 0 Å². The molecule has 1 heterocycles. The highest BCUT2D eigenvalue weighted by atomic mass is 15.1. The van der Waals surface area contributed by atoms with Crippen molar-refractivity contribution >= 4 is 23.8 Å². The van der Waals surface area contributed by atoms with E-state index in [4.69, 9.17) is 0 Å². The van der Waals surface area contributed by atoms with Gasteiger partial charge in [-0.2, -0.15) is 0 Å². The molecule has 2 rings (SSSR count). The molecule has 0 spiro atoms. The van der Waals surface area contributed by atoms with Crippen molar-refractivity contribution in [3.63, 3.8) is 0 Å². The predicted molar refractivity (Wildman–Crippen MR) is 81.8 cm³/mol. The number of fused-ring (bicyclic) bond motifs is 1. The maximum Gasteiger partial charge on any atom is 0.239 e. The summed E-state index contributed by atoms with van der Waals surface area (Å²) in [6.45, 7) is 9.06. The SMILES string of the molecule is CC(C)N(Bc1ccc2ccn(C)c2c1)C(C)C. The summed E-state index contributed by atoms with van der Waals surface area (Å²) in [4.78, 5) is 2.52. The third-order valence-corrected chi connectivity index (χ3v) is 3.64. The second-order valence-electron chi connectivity index (χ2n) is 5.68. The summed E-state index contributed by atoms with van der Waals surface area (Å²) in [5.74, 6) is 0. The fourth-order valence-corrected chi connectivity index (χ4v) is 2.58. The van der Waals surface area contributed by atoms with E-state index in [0.29, 0.717) is 12.1 Å². The quantitative estimate of drug-likeness (QED) is 0.747. The van der Waals surface area contributed by atoms with E-state index >= 15 is 0 Å². The van der Waals surface area contributed by atoms with E-state index in [1.807, 2.05) is 0 Å². The Kier molecular flexibility index (Phi) is 3.81. The summed E-state index contributed by atoms with van der Waals surface area (Å²) in [6.07, 6.45) is 2.12. The van der Waals surface area contributed by atoms with Crippen LogP contribution in [0.4, 0.5) is 0 Å². The van der Waals surface area contributed by atoms with Crippen molar-refractivity contribution in [3.8, 4) is 0 Å². The fourth-order valence-electron chi connectivity index (χ4n) is 2.58. The van der Waals surface area contributed by atoms with Gasteiger partial charge in [0.2, 0.25) is 7.41 Å². The Bertz CT molecular complexity index is 520. The third-order valence-electron chi connectivity index (χ3n) is 3.64. The van der Waals surface area contributed by atoms with E-state index in [1.165, 1.54) is 16.4 Å². The average molecular weight is 242 g/mol. The number of hydrogen-bond acceptors (Lipinski definition) is 1. The highest BCUT2D eigenvalue weighted by molar-refractivity contribution is 6.51. The molecule has 18 heavy (non-hydrogen) atoms. The molecule has 0 saturated carbocycles. The van der Waals surface area contributed by atoms with Crippen molar-refractivity contribution < 1.29 is 0 Å². The van der Waals surface area contributed by atoms with E-state index in [9.17, 15) is 0 Å². The molecule has 0 N–H and O–H groups in total. The molecular formula is C15H23BN2. The standard InChI is InChI=1S/C15H23BN2/c1-11(2)18(12(3)4)16-14-7-6-13-8-9-17(5)15(13)10-14/h6-12,16H,1-5H3. The molecule has 0 saturated heterocycles. The second-order valence-corrected chi connectivity index (χ2v) is 5.68. The Morgan fingerprint density at radius 1 is 1.06 bits per heavy atom. The van der Waals surface area contributed by atoms with Crippen LogP contribution in [0.1, 0.15) is 27.7 Å². The molecule has 96 valence electrons. The molecule has 3 heteroatoms. The van der Waals surface area contributed by atoms with Crippen LogP contribution in [0.15, 0.2) is 30.5 Å². The molecule has 2 nitrogen and oxygen atoms in total. The van der Waals surface area contributed by atoms with Gasteiger partial charge in [0.05, 0.1) is 0 Å². The molecule has 0 atom stereocenters. The van der Waals surface area contributed by atoms with E-state index in [-0.39, 0.29) is 0 Å². The summed E-state index contributed by atoms with van der Waals surface area (Å²) >= 11 is 0. The zero-order chi connectivity index (χ0) is 13.3. The minimum Gasteiger partial charge on any atom is -0.351 e. The van der Waals surface area contributed by atoms with Crippen molar-refractivity contribution in [2.45, 2.75) is 39.8 Å². The van der Waals surface area contributed by atoms with Gasteiger partial charge in [0, 0.05) is 18.8 Å². The first-order valence-corrected chi connectivity index (χ1v) is 6.78. The minimum atomic E-state index is 0.578. The Hall–Kier alpha value is -1.22. The molecular weight excluding hydrogens is 219 g/mol. The molecule has 0 fully saturated rings. The maximum absolute atomic E-state index is 2.52. The zero-order valence-corrected chi connectivity index (χ0v) is 12.1. The summed E-state index contributed by atoms with van der Waals surface area (Å²) in [5, 5.41) is 1.32. The molecule has 1 aromatic heterocycles. The van der Waals surface area contributed by atoms with Gasteiger partial charge >= 0.3 is 0 Å². The smallest absolute Gasteiger partial charge is 0.239 e. The molecule has 0 radical (unpaired) electrons. The van der Waals surface area contributed by atoms with Crippen molar-refractivity contribution in [3.05, 3.63) is 30.5 Å². The molecule has 0 amide bonds. The summed E-state index contributed by atoms with van der Waals surface area (Å²) < 4.78 is 2.19. The van der Waals surface area contributed by atoms with Crippen molar-refractivity contribution in [2.24, 2.45) is 7.05 Å². The number of aromatic nitrogens is 1. The summed E-state index contributed by atoms with van der Waals surface area (Å²) in [5.41, 5.74) is 2.71.